The van der Waals surface area contributed by atoms with Crippen molar-refractivity contribution < 1.29 is 19.1 Å². The van der Waals surface area contributed by atoms with Gasteiger partial charge in [0.15, 0.2) is 0 Å². The summed E-state index contributed by atoms with van der Waals surface area (Å²) in [6.07, 6.45) is 0.379. The highest BCUT2D eigenvalue weighted by atomic mass is 35.5. The third-order valence-corrected chi connectivity index (χ3v) is 6.65. The van der Waals surface area contributed by atoms with Gasteiger partial charge in [0.25, 0.3) is 0 Å². The van der Waals surface area contributed by atoms with Crippen molar-refractivity contribution in [1.82, 2.24) is 0 Å². The van der Waals surface area contributed by atoms with Crippen LogP contribution < -0.4 is 15.0 Å². The lowest BCUT2D eigenvalue weighted by Crippen LogP contribution is -2.31. The first kappa shape index (κ1) is 23.9. The van der Waals surface area contributed by atoms with Gasteiger partial charge in [0.2, 0.25) is 17.7 Å². The van der Waals surface area contributed by atoms with Crippen LogP contribution in [0.2, 0.25) is 5.02 Å². The SMILES string of the molecule is CCOc1ccc(N2C(=O)CC(Sc3ccc(NC(=O)Cc4ccc(Cl)cc4)cc3)C2=O)cc1. The first-order valence-electron chi connectivity index (χ1n) is 10.8. The smallest absolute Gasteiger partial charge is 0.247 e. The second kappa shape index (κ2) is 10.8. The molecular weight excluding hydrogens is 472 g/mol. The lowest BCUT2D eigenvalue weighted by Gasteiger charge is -2.15. The van der Waals surface area contributed by atoms with Gasteiger partial charge >= 0.3 is 0 Å². The van der Waals surface area contributed by atoms with Gasteiger partial charge < -0.3 is 10.1 Å². The molecule has 0 saturated carbocycles. The summed E-state index contributed by atoms with van der Waals surface area (Å²) in [5.74, 6) is 0.0964. The molecule has 6 nitrogen and oxygen atoms in total. The average molecular weight is 495 g/mol. The Morgan fingerprint density at radius 3 is 2.35 bits per heavy atom. The summed E-state index contributed by atoms with van der Waals surface area (Å²) in [4.78, 5) is 39.8. The first-order valence-corrected chi connectivity index (χ1v) is 12.1. The maximum atomic E-state index is 12.9. The van der Waals surface area contributed by atoms with Crippen molar-refractivity contribution in [1.29, 1.82) is 0 Å². The number of imide groups is 1. The lowest BCUT2D eigenvalue weighted by atomic mass is 10.1. The van der Waals surface area contributed by atoms with Gasteiger partial charge in [0.05, 0.1) is 24.0 Å². The number of halogens is 1. The summed E-state index contributed by atoms with van der Waals surface area (Å²) in [6.45, 7) is 2.44. The highest BCUT2D eigenvalue weighted by Gasteiger charge is 2.40. The van der Waals surface area contributed by atoms with Gasteiger partial charge in [0.1, 0.15) is 5.75 Å². The first-order chi connectivity index (χ1) is 16.4. The monoisotopic (exact) mass is 494 g/mol. The van der Waals surface area contributed by atoms with Gasteiger partial charge in [-0.2, -0.15) is 0 Å². The molecule has 3 amide bonds. The molecule has 34 heavy (non-hydrogen) atoms. The molecule has 1 atom stereocenters. The van der Waals surface area contributed by atoms with E-state index in [1.54, 1.807) is 48.5 Å². The second-order valence-corrected chi connectivity index (χ2v) is 9.39. The number of ether oxygens (including phenoxy) is 1. The van der Waals surface area contributed by atoms with Crippen LogP contribution in [0.5, 0.6) is 5.75 Å². The molecule has 0 spiro atoms. The van der Waals surface area contributed by atoms with Crippen molar-refractivity contribution in [3.63, 3.8) is 0 Å². The third kappa shape index (κ3) is 5.79. The number of thioether (sulfide) groups is 1. The summed E-state index contributed by atoms with van der Waals surface area (Å²) in [6, 6.07) is 21.3. The number of anilines is 2. The number of hydrogen-bond donors (Lipinski definition) is 1. The fraction of sp³-hybridized carbons (Fsp3) is 0.192. The Bertz CT molecular complexity index is 1180. The van der Waals surface area contributed by atoms with Gasteiger partial charge in [-0.15, -0.1) is 11.8 Å². The van der Waals surface area contributed by atoms with Crippen molar-refractivity contribution in [3.8, 4) is 5.75 Å². The molecule has 174 valence electrons. The molecule has 1 unspecified atom stereocenters. The highest BCUT2D eigenvalue weighted by molar-refractivity contribution is 8.00. The topological polar surface area (TPSA) is 75.7 Å². The molecule has 0 bridgehead atoms. The fourth-order valence-corrected chi connectivity index (χ4v) is 4.78. The lowest BCUT2D eigenvalue weighted by molar-refractivity contribution is -0.121. The summed E-state index contributed by atoms with van der Waals surface area (Å²) < 4.78 is 5.42. The van der Waals surface area contributed by atoms with Crippen molar-refractivity contribution in [3.05, 3.63) is 83.4 Å². The minimum Gasteiger partial charge on any atom is -0.494 e. The number of hydrogen-bond acceptors (Lipinski definition) is 5. The van der Waals surface area contributed by atoms with E-state index in [-0.39, 0.29) is 30.6 Å². The summed E-state index contributed by atoms with van der Waals surface area (Å²) >= 11 is 7.22. The number of amides is 3. The molecule has 1 aliphatic heterocycles. The van der Waals surface area contributed by atoms with E-state index in [1.165, 1.54) is 16.7 Å². The van der Waals surface area contributed by atoms with Crippen molar-refractivity contribution in [2.75, 3.05) is 16.8 Å². The van der Waals surface area contributed by atoms with Gasteiger partial charge in [-0.1, -0.05) is 23.7 Å². The molecule has 0 aromatic heterocycles. The maximum Gasteiger partial charge on any atom is 0.247 e. The summed E-state index contributed by atoms with van der Waals surface area (Å²) in [7, 11) is 0. The fourth-order valence-electron chi connectivity index (χ4n) is 3.60. The molecule has 3 aromatic rings. The summed E-state index contributed by atoms with van der Waals surface area (Å²) in [5.41, 5.74) is 2.07. The van der Waals surface area contributed by atoms with Crippen LogP contribution in [0.3, 0.4) is 0 Å². The second-order valence-electron chi connectivity index (χ2n) is 7.68. The van der Waals surface area contributed by atoms with E-state index < -0.39 is 5.25 Å². The molecule has 1 aliphatic rings. The summed E-state index contributed by atoms with van der Waals surface area (Å²) in [5, 5.41) is 2.99. The normalized spacial score (nSPS) is 15.5. The zero-order chi connectivity index (χ0) is 24.1. The highest BCUT2D eigenvalue weighted by Crippen LogP contribution is 2.35. The van der Waals surface area contributed by atoms with Gasteiger partial charge in [0, 0.05) is 22.0 Å². The average Bonchev–Trinajstić information content (AvgIpc) is 3.10. The molecule has 3 aromatic carbocycles. The van der Waals surface area contributed by atoms with Crippen LogP contribution in [0.1, 0.15) is 18.9 Å². The predicted molar refractivity (Wildman–Crippen MR) is 135 cm³/mol. The van der Waals surface area contributed by atoms with Crippen LogP contribution in [0, 0.1) is 0 Å². The number of carbonyl (C=O) groups excluding carboxylic acids is 3. The van der Waals surface area contributed by atoms with Gasteiger partial charge in [-0.3, -0.25) is 14.4 Å². The molecule has 0 radical (unpaired) electrons. The Morgan fingerprint density at radius 2 is 1.71 bits per heavy atom. The quantitative estimate of drug-likeness (QED) is 0.427. The van der Waals surface area contributed by atoms with Crippen LogP contribution in [0.4, 0.5) is 11.4 Å². The van der Waals surface area contributed by atoms with Crippen LogP contribution in [0.15, 0.2) is 77.7 Å². The molecule has 4 rings (SSSR count). The minimum atomic E-state index is -0.496. The van der Waals surface area contributed by atoms with E-state index in [2.05, 4.69) is 5.32 Å². The largest absolute Gasteiger partial charge is 0.494 e. The Kier molecular flexibility index (Phi) is 7.55. The Morgan fingerprint density at radius 1 is 1.03 bits per heavy atom. The number of rotatable bonds is 8. The molecule has 1 fully saturated rings. The van der Waals surface area contributed by atoms with Crippen molar-refractivity contribution in [2.24, 2.45) is 0 Å². The van der Waals surface area contributed by atoms with E-state index >= 15 is 0 Å². The molecular formula is C26H23ClN2O4S. The van der Waals surface area contributed by atoms with Crippen LogP contribution in [-0.4, -0.2) is 29.6 Å². The van der Waals surface area contributed by atoms with E-state index in [0.29, 0.717) is 28.8 Å². The van der Waals surface area contributed by atoms with Crippen LogP contribution >= 0.6 is 23.4 Å². The third-order valence-electron chi connectivity index (χ3n) is 5.21. The van der Waals surface area contributed by atoms with Gasteiger partial charge in [-0.05, 0) is 73.2 Å². The Balaban J connectivity index is 1.34. The van der Waals surface area contributed by atoms with Crippen LogP contribution in [0.25, 0.3) is 0 Å². The number of nitrogens with zero attached hydrogens (tertiary/aromatic N) is 1. The molecule has 1 heterocycles. The molecule has 1 saturated heterocycles. The van der Waals surface area contributed by atoms with Crippen molar-refractivity contribution in [2.45, 2.75) is 29.9 Å². The zero-order valence-electron chi connectivity index (χ0n) is 18.5. The molecule has 8 heteroatoms. The van der Waals surface area contributed by atoms with E-state index in [1.807, 2.05) is 31.2 Å². The number of carbonyl (C=O) groups is 3. The molecule has 0 aliphatic carbocycles. The maximum absolute atomic E-state index is 12.9. The number of benzene rings is 3. The Hall–Kier alpha value is -3.29. The zero-order valence-corrected chi connectivity index (χ0v) is 20.1. The van der Waals surface area contributed by atoms with Crippen LogP contribution in [-0.2, 0) is 20.8 Å². The Labute approximate surface area is 207 Å². The van der Waals surface area contributed by atoms with Crippen molar-refractivity contribution >= 4 is 52.5 Å². The standard InChI is InChI=1S/C26H23ClN2O4S/c1-2-33-21-11-9-20(10-12-21)29-25(31)16-23(26(29)32)34-22-13-7-19(8-14-22)28-24(30)15-17-3-5-18(27)6-4-17/h3-14,23H,2,15-16H2,1H3,(H,28,30). The molecule has 1 N–H and O–H groups in total. The van der Waals surface area contributed by atoms with E-state index in [0.717, 1.165) is 10.5 Å². The predicted octanol–water partition coefficient (Wildman–Crippen LogP) is 5.34. The minimum absolute atomic E-state index is 0.134. The van der Waals surface area contributed by atoms with Gasteiger partial charge in [-0.25, -0.2) is 4.90 Å². The van der Waals surface area contributed by atoms with E-state index in [9.17, 15) is 14.4 Å². The van der Waals surface area contributed by atoms with E-state index in [4.69, 9.17) is 16.3 Å². The number of nitrogens with one attached hydrogen (secondary N) is 1.